The number of thiazole rings is 1. The van der Waals surface area contributed by atoms with Gasteiger partial charge >= 0.3 is 18.9 Å². The molecule has 62 valence electrons. The van der Waals surface area contributed by atoms with Crippen LogP contribution >= 0.6 is 11.3 Å². The van der Waals surface area contributed by atoms with E-state index >= 15 is 0 Å². The molecule has 0 spiro atoms. The van der Waals surface area contributed by atoms with Crippen LogP contribution in [0.4, 0.5) is 0 Å². The number of hydrogen-bond donors (Lipinski definition) is 0. The van der Waals surface area contributed by atoms with Gasteiger partial charge in [0.1, 0.15) is 0 Å². The Hall–Kier alpha value is -1.06. The zero-order chi connectivity index (χ0) is 9.10. The van der Waals surface area contributed by atoms with Gasteiger partial charge in [0.15, 0.2) is 0 Å². The van der Waals surface area contributed by atoms with E-state index in [-0.39, 0.29) is 18.9 Å². The third kappa shape index (κ3) is 2.24. The minimum atomic E-state index is 0. The smallest absolute Gasteiger partial charge is 0.442 e. The summed E-state index contributed by atoms with van der Waals surface area (Å²) in [6, 6.07) is 9.44. The topological polar surface area (TPSA) is 36.7 Å². The molecule has 0 N–H and O–H groups in total. The molecule has 0 aliphatic carbocycles. The van der Waals surface area contributed by atoms with Crippen molar-refractivity contribution in [2.75, 3.05) is 0 Å². The minimum Gasteiger partial charge on any atom is -0.442 e. The van der Waals surface area contributed by atoms with Crippen LogP contribution in [0.15, 0.2) is 29.6 Å². The maximum atomic E-state index is 8.59. The summed E-state index contributed by atoms with van der Waals surface area (Å²) in [5.41, 5.74) is 1.70. The molecule has 0 aliphatic rings. The van der Waals surface area contributed by atoms with Gasteiger partial charge in [0, 0.05) is 0 Å². The van der Waals surface area contributed by atoms with Crippen molar-refractivity contribution in [3.8, 4) is 16.6 Å². The maximum Gasteiger partial charge on any atom is 1.00 e. The van der Waals surface area contributed by atoms with E-state index in [4.69, 9.17) is 5.26 Å². The summed E-state index contributed by atoms with van der Waals surface area (Å²) in [4.78, 5) is 4.05. The van der Waals surface area contributed by atoms with Crippen molar-refractivity contribution in [2.45, 2.75) is 0 Å². The second-order valence-electron chi connectivity index (χ2n) is 2.47. The largest absolute Gasteiger partial charge is 1.00 e. The average Bonchev–Trinajstić information content (AvgIpc) is 2.71. The van der Waals surface area contributed by atoms with Gasteiger partial charge < -0.3 is 4.98 Å². The Labute approximate surface area is 98.4 Å². The summed E-state index contributed by atoms with van der Waals surface area (Å²) < 4.78 is 0. The molecular weight excluding hydrogens is 187 g/mol. The zero-order valence-electron chi connectivity index (χ0n) is 7.69. The van der Waals surface area contributed by atoms with Crippen molar-refractivity contribution in [1.82, 2.24) is 4.98 Å². The van der Waals surface area contributed by atoms with Crippen LogP contribution in [0.5, 0.6) is 0 Å². The Morgan fingerprint density at radius 1 is 1.29 bits per heavy atom. The van der Waals surface area contributed by atoms with E-state index in [9.17, 15) is 0 Å². The van der Waals surface area contributed by atoms with Gasteiger partial charge in [0.05, 0.1) is 11.6 Å². The van der Waals surface area contributed by atoms with Gasteiger partial charge in [-0.15, -0.1) is 6.20 Å². The Balaban J connectivity index is 0.000000980. The fourth-order valence-electron chi connectivity index (χ4n) is 1.01. The van der Waals surface area contributed by atoms with Crippen molar-refractivity contribution in [1.29, 1.82) is 5.26 Å². The van der Waals surface area contributed by atoms with E-state index in [1.807, 2.05) is 17.5 Å². The minimum absolute atomic E-state index is 0. The molecule has 14 heavy (non-hydrogen) atoms. The number of nitriles is 1. The molecule has 0 aliphatic heterocycles. The van der Waals surface area contributed by atoms with E-state index in [2.05, 4.69) is 17.3 Å². The predicted octanol–water partition coefficient (Wildman–Crippen LogP) is -0.514. The van der Waals surface area contributed by atoms with Crippen LogP contribution in [0.1, 0.15) is 5.56 Å². The first-order valence-corrected chi connectivity index (χ1v) is 4.60. The number of benzene rings is 1. The van der Waals surface area contributed by atoms with Crippen molar-refractivity contribution in [3.05, 3.63) is 41.4 Å². The fraction of sp³-hybridized carbons (Fsp3) is 0. The number of hydrogen-bond acceptors (Lipinski definition) is 3. The Morgan fingerprint density at radius 3 is 2.50 bits per heavy atom. The summed E-state index contributed by atoms with van der Waals surface area (Å²) in [5.74, 6) is 0. The Kier molecular flexibility index (Phi) is 3.92. The monoisotopic (exact) mass is 192 g/mol. The molecule has 0 saturated carbocycles. The van der Waals surface area contributed by atoms with Gasteiger partial charge in [-0.1, -0.05) is 23.1 Å². The van der Waals surface area contributed by atoms with Gasteiger partial charge in [-0.3, -0.25) is 0 Å². The first kappa shape index (κ1) is 11.0. The Bertz CT molecular complexity index is 428. The van der Waals surface area contributed by atoms with Gasteiger partial charge in [0.25, 0.3) is 0 Å². The molecule has 0 amide bonds. The molecule has 0 fully saturated rings. The fourth-order valence-corrected chi connectivity index (χ4v) is 1.61. The molecule has 0 unspecified atom stereocenters. The van der Waals surface area contributed by atoms with E-state index in [0.29, 0.717) is 5.56 Å². The Morgan fingerprint density at radius 2 is 2.00 bits per heavy atom. The van der Waals surface area contributed by atoms with Gasteiger partial charge in [-0.2, -0.15) is 5.26 Å². The van der Waals surface area contributed by atoms with Gasteiger partial charge in [0.2, 0.25) is 0 Å². The first-order valence-electron chi connectivity index (χ1n) is 3.72. The third-order valence-electron chi connectivity index (χ3n) is 1.65. The summed E-state index contributed by atoms with van der Waals surface area (Å²) in [7, 11) is 0. The van der Waals surface area contributed by atoms with Crippen molar-refractivity contribution < 1.29 is 18.9 Å². The zero-order valence-corrected chi connectivity index (χ0v) is 8.51. The maximum absolute atomic E-state index is 8.59. The van der Waals surface area contributed by atoms with Crippen LogP contribution in [0, 0.1) is 17.5 Å². The molecule has 2 rings (SSSR count). The molecule has 0 radical (unpaired) electrons. The first-order chi connectivity index (χ1) is 6.40. The quantitative estimate of drug-likeness (QED) is 0.450. The molecule has 0 bridgehead atoms. The molecule has 1 heterocycles. The molecule has 0 atom stereocenters. The van der Waals surface area contributed by atoms with Gasteiger partial charge in [-0.25, -0.2) is 11.3 Å². The third-order valence-corrected chi connectivity index (χ3v) is 2.42. The molecular formula is C10H5LiN2S. The summed E-state index contributed by atoms with van der Waals surface area (Å²) >= 11 is 1.54. The molecule has 2 nitrogen and oxygen atoms in total. The second-order valence-corrected chi connectivity index (χ2v) is 3.33. The number of nitrogens with zero attached hydrogens (tertiary/aromatic N) is 2. The normalized spacial score (nSPS) is 8.79. The summed E-state index contributed by atoms with van der Waals surface area (Å²) in [5, 5.41) is 11.3. The van der Waals surface area contributed by atoms with Crippen molar-refractivity contribution >= 4 is 11.3 Å². The molecule has 4 heteroatoms. The molecule has 1 aromatic carbocycles. The van der Waals surface area contributed by atoms with Gasteiger partial charge in [-0.05, 0) is 17.1 Å². The number of aromatic nitrogens is 1. The summed E-state index contributed by atoms with van der Waals surface area (Å²) in [6.45, 7) is 0. The number of rotatable bonds is 1. The standard InChI is InChI=1S/C10H5N2S.Li/c11-7-8-1-3-9(4-2-8)10-12-5-6-13-10;/h1-4,6H;/q-1;+1. The van der Waals surface area contributed by atoms with Crippen molar-refractivity contribution in [3.63, 3.8) is 0 Å². The van der Waals surface area contributed by atoms with E-state index in [1.165, 1.54) is 11.3 Å². The van der Waals surface area contributed by atoms with E-state index in [0.717, 1.165) is 10.6 Å². The second kappa shape index (κ2) is 4.98. The van der Waals surface area contributed by atoms with E-state index < -0.39 is 0 Å². The van der Waals surface area contributed by atoms with Crippen LogP contribution < -0.4 is 18.9 Å². The summed E-state index contributed by atoms with van der Waals surface area (Å²) in [6.07, 6.45) is 2.76. The van der Waals surface area contributed by atoms with Crippen LogP contribution in [0.25, 0.3) is 10.6 Å². The molecule has 2 aromatic rings. The van der Waals surface area contributed by atoms with Crippen LogP contribution in [0.2, 0.25) is 0 Å². The molecule has 1 aromatic heterocycles. The van der Waals surface area contributed by atoms with Crippen LogP contribution in [-0.2, 0) is 0 Å². The predicted molar refractivity (Wildman–Crippen MR) is 51.1 cm³/mol. The SMILES string of the molecule is N#Cc1ccc(-c2n[c-]cs2)cc1.[Li+]. The average molecular weight is 192 g/mol. The van der Waals surface area contributed by atoms with Crippen LogP contribution in [-0.4, -0.2) is 4.98 Å². The van der Waals surface area contributed by atoms with Crippen LogP contribution in [0.3, 0.4) is 0 Å². The molecule has 0 saturated heterocycles. The van der Waals surface area contributed by atoms with Crippen molar-refractivity contribution in [2.24, 2.45) is 0 Å². The van der Waals surface area contributed by atoms with E-state index in [1.54, 1.807) is 12.1 Å².